The lowest BCUT2D eigenvalue weighted by atomic mass is 10.1. The second-order valence-electron chi connectivity index (χ2n) is 4.77. The number of sulfonamides is 1. The molecule has 0 aromatic heterocycles. The molecular formula is C14H24N2O3S. The van der Waals surface area contributed by atoms with E-state index in [0.717, 1.165) is 16.7 Å². The van der Waals surface area contributed by atoms with E-state index >= 15 is 0 Å². The molecule has 0 heterocycles. The van der Waals surface area contributed by atoms with Crippen LogP contribution < -0.4 is 5.73 Å². The summed E-state index contributed by atoms with van der Waals surface area (Å²) < 4.78 is 31.6. The Morgan fingerprint density at radius 1 is 1.25 bits per heavy atom. The van der Waals surface area contributed by atoms with Crippen LogP contribution in [0.5, 0.6) is 0 Å². The average Bonchev–Trinajstić information content (AvgIpc) is 2.38. The van der Waals surface area contributed by atoms with Gasteiger partial charge in [0.05, 0.1) is 11.5 Å². The van der Waals surface area contributed by atoms with Crippen molar-refractivity contribution in [1.82, 2.24) is 4.31 Å². The molecule has 0 aliphatic rings. The lowest BCUT2D eigenvalue weighted by Gasteiger charge is -2.19. The number of aryl methyl sites for hydroxylation is 2. The van der Waals surface area contributed by atoms with E-state index in [1.165, 1.54) is 4.31 Å². The van der Waals surface area contributed by atoms with Gasteiger partial charge in [0.15, 0.2) is 0 Å². The Labute approximate surface area is 121 Å². The summed E-state index contributed by atoms with van der Waals surface area (Å²) in [5.74, 6) is 0. The predicted octanol–water partition coefficient (Wildman–Crippen LogP) is 1.42. The first-order chi connectivity index (χ1) is 9.34. The Hall–Kier alpha value is -0.950. The number of hydrogen-bond donors (Lipinski definition) is 1. The van der Waals surface area contributed by atoms with Crippen molar-refractivity contribution in [2.24, 2.45) is 5.73 Å². The highest BCUT2D eigenvalue weighted by molar-refractivity contribution is 7.89. The van der Waals surface area contributed by atoms with Crippen molar-refractivity contribution in [3.63, 3.8) is 0 Å². The summed E-state index contributed by atoms with van der Waals surface area (Å²) in [6, 6.07) is 3.54. The molecule has 20 heavy (non-hydrogen) atoms. The van der Waals surface area contributed by atoms with Crippen LogP contribution >= 0.6 is 0 Å². The van der Waals surface area contributed by atoms with Crippen molar-refractivity contribution in [3.8, 4) is 0 Å². The van der Waals surface area contributed by atoms with E-state index in [2.05, 4.69) is 0 Å². The van der Waals surface area contributed by atoms with Crippen LogP contribution in [-0.2, 0) is 21.3 Å². The molecule has 6 heteroatoms. The SMILES string of the molecule is CCOCCN(C)S(=O)(=O)c1cc(CN)c(C)cc1C. The van der Waals surface area contributed by atoms with Crippen LogP contribution in [0, 0.1) is 13.8 Å². The highest BCUT2D eigenvalue weighted by Gasteiger charge is 2.23. The first kappa shape index (κ1) is 17.1. The van der Waals surface area contributed by atoms with Gasteiger partial charge in [0, 0.05) is 26.7 Å². The molecule has 0 radical (unpaired) electrons. The fourth-order valence-corrected chi connectivity index (χ4v) is 3.41. The lowest BCUT2D eigenvalue weighted by molar-refractivity contribution is 0.138. The smallest absolute Gasteiger partial charge is 0.243 e. The summed E-state index contributed by atoms with van der Waals surface area (Å²) >= 11 is 0. The monoisotopic (exact) mass is 300 g/mol. The molecule has 0 bridgehead atoms. The van der Waals surface area contributed by atoms with Gasteiger partial charge in [-0.25, -0.2) is 8.42 Å². The van der Waals surface area contributed by atoms with Crippen LogP contribution in [0.2, 0.25) is 0 Å². The summed E-state index contributed by atoms with van der Waals surface area (Å²) in [6.07, 6.45) is 0. The minimum atomic E-state index is -3.50. The van der Waals surface area contributed by atoms with Gasteiger partial charge >= 0.3 is 0 Å². The van der Waals surface area contributed by atoms with Gasteiger partial charge in [0.25, 0.3) is 0 Å². The maximum atomic E-state index is 12.6. The van der Waals surface area contributed by atoms with Crippen molar-refractivity contribution in [3.05, 3.63) is 28.8 Å². The summed E-state index contributed by atoms with van der Waals surface area (Å²) in [5, 5.41) is 0. The van der Waals surface area contributed by atoms with Gasteiger partial charge in [0.1, 0.15) is 0 Å². The van der Waals surface area contributed by atoms with Gasteiger partial charge in [-0.1, -0.05) is 6.07 Å². The van der Waals surface area contributed by atoms with Crippen LogP contribution in [0.3, 0.4) is 0 Å². The van der Waals surface area contributed by atoms with Crippen LogP contribution in [0.4, 0.5) is 0 Å². The Bertz CT molecular complexity index is 556. The number of nitrogens with two attached hydrogens (primary N) is 1. The topological polar surface area (TPSA) is 72.6 Å². The summed E-state index contributed by atoms with van der Waals surface area (Å²) in [7, 11) is -1.94. The largest absolute Gasteiger partial charge is 0.380 e. The quantitative estimate of drug-likeness (QED) is 0.773. The lowest BCUT2D eigenvalue weighted by Crippen LogP contribution is -2.31. The van der Waals surface area contributed by atoms with Gasteiger partial charge in [-0.3, -0.25) is 0 Å². The van der Waals surface area contributed by atoms with E-state index in [0.29, 0.717) is 31.2 Å². The van der Waals surface area contributed by atoms with Gasteiger partial charge in [-0.2, -0.15) is 4.31 Å². The fourth-order valence-electron chi connectivity index (χ4n) is 2.00. The second kappa shape index (κ2) is 7.17. The van der Waals surface area contributed by atoms with E-state index in [1.807, 2.05) is 19.9 Å². The summed E-state index contributed by atoms with van der Waals surface area (Å²) in [5.41, 5.74) is 8.27. The minimum absolute atomic E-state index is 0.322. The molecule has 114 valence electrons. The molecule has 1 aromatic rings. The minimum Gasteiger partial charge on any atom is -0.380 e. The first-order valence-corrected chi connectivity index (χ1v) is 8.12. The van der Waals surface area contributed by atoms with Crippen LogP contribution in [0.25, 0.3) is 0 Å². The molecule has 0 atom stereocenters. The third-order valence-electron chi connectivity index (χ3n) is 3.30. The predicted molar refractivity (Wildman–Crippen MR) is 80.1 cm³/mol. The Morgan fingerprint density at radius 2 is 1.90 bits per heavy atom. The molecule has 1 aromatic carbocycles. The molecule has 0 saturated heterocycles. The number of nitrogens with zero attached hydrogens (tertiary/aromatic N) is 1. The summed E-state index contributed by atoms with van der Waals surface area (Å²) in [6.45, 7) is 7.25. The fraction of sp³-hybridized carbons (Fsp3) is 0.571. The molecule has 0 fully saturated rings. The van der Waals surface area contributed by atoms with E-state index in [4.69, 9.17) is 10.5 Å². The van der Waals surface area contributed by atoms with Gasteiger partial charge < -0.3 is 10.5 Å². The molecule has 1 rings (SSSR count). The van der Waals surface area contributed by atoms with E-state index < -0.39 is 10.0 Å². The number of benzene rings is 1. The summed E-state index contributed by atoms with van der Waals surface area (Å²) in [4.78, 5) is 0.322. The van der Waals surface area contributed by atoms with Crippen molar-refractivity contribution in [2.45, 2.75) is 32.2 Å². The zero-order valence-electron chi connectivity index (χ0n) is 12.6. The Balaban J connectivity index is 3.08. The molecule has 0 saturated carbocycles. The van der Waals surface area contributed by atoms with E-state index in [-0.39, 0.29) is 0 Å². The van der Waals surface area contributed by atoms with Crippen molar-refractivity contribution in [1.29, 1.82) is 0 Å². The molecule has 0 aliphatic heterocycles. The number of rotatable bonds is 7. The number of likely N-dealkylation sites (N-methyl/N-ethyl adjacent to an activating group) is 1. The van der Waals surface area contributed by atoms with Gasteiger partial charge in [0.2, 0.25) is 10.0 Å². The molecular weight excluding hydrogens is 276 g/mol. The Kier molecular flexibility index (Phi) is 6.13. The number of ether oxygens (including phenoxy) is 1. The molecule has 0 unspecified atom stereocenters. The van der Waals surface area contributed by atoms with Crippen molar-refractivity contribution < 1.29 is 13.2 Å². The maximum Gasteiger partial charge on any atom is 0.243 e. The van der Waals surface area contributed by atoms with Gasteiger partial charge in [-0.15, -0.1) is 0 Å². The van der Waals surface area contributed by atoms with Crippen molar-refractivity contribution in [2.75, 3.05) is 26.8 Å². The highest BCUT2D eigenvalue weighted by Crippen LogP contribution is 2.23. The Morgan fingerprint density at radius 3 is 2.45 bits per heavy atom. The standard InChI is InChI=1S/C14H24N2O3S/c1-5-19-7-6-16(4)20(17,18)14-9-13(10-15)11(2)8-12(14)3/h8-9H,5-7,10,15H2,1-4H3. The molecule has 0 spiro atoms. The average molecular weight is 300 g/mol. The molecule has 2 N–H and O–H groups in total. The van der Waals surface area contributed by atoms with Crippen LogP contribution in [0.15, 0.2) is 17.0 Å². The molecule has 0 amide bonds. The molecule has 5 nitrogen and oxygen atoms in total. The first-order valence-electron chi connectivity index (χ1n) is 6.68. The highest BCUT2D eigenvalue weighted by atomic mass is 32.2. The third-order valence-corrected chi connectivity index (χ3v) is 5.30. The number of hydrogen-bond acceptors (Lipinski definition) is 4. The van der Waals surface area contributed by atoms with Crippen LogP contribution in [-0.4, -0.2) is 39.5 Å². The van der Waals surface area contributed by atoms with E-state index in [9.17, 15) is 8.42 Å². The zero-order valence-corrected chi connectivity index (χ0v) is 13.5. The van der Waals surface area contributed by atoms with E-state index in [1.54, 1.807) is 20.0 Å². The second-order valence-corrected chi connectivity index (χ2v) is 6.79. The van der Waals surface area contributed by atoms with Crippen molar-refractivity contribution >= 4 is 10.0 Å². The maximum absolute atomic E-state index is 12.6. The third kappa shape index (κ3) is 3.79. The van der Waals surface area contributed by atoms with Gasteiger partial charge in [-0.05, 0) is 43.5 Å². The zero-order chi connectivity index (χ0) is 15.3. The molecule has 0 aliphatic carbocycles. The van der Waals surface area contributed by atoms with Crippen LogP contribution in [0.1, 0.15) is 23.6 Å². The normalized spacial score (nSPS) is 12.1.